The molecule has 92 valence electrons. The van der Waals surface area contributed by atoms with Crippen LogP contribution in [0.2, 0.25) is 0 Å². The molecule has 0 aromatic carbocycles. The van der Waals surface area contributed by atoms with Gasteiger partial charge in [0, 0.05) is 12.3 Å². The third kappa shape index (κ3) is 3.57. The first-order valence-electron chi connectivity index (χ1n) is 5.41. The summed E-state index contributed by atoms with van der Waals surface area (Å²) in [6.07, 6.45) is 2.29. The lowest BCUT2D eigenvalue weighted by Gasteiger charge is -2.23. The van der Waals surface area contributed by atoms with E-state index in [-0.39, 0.29) is 6.04 Å². The smallest absolute Gasteiger partial charge is 0.151 e. The second kappa shape index (κ2) is 5.80. The minimum absolute atomic E-state index is 0.0961. The fourth-order valence-corrected chi connectivity index (χ4v) is 3.00. The van der Waals surface area contributed by atoms with Gasteiger partial charge in [0.05, 0.1) is 5.25 Å². The van der Waals surface area contributed by atoms with Crippen molar-refractivity contribution in [1.29, 1.82) is 0 Å². The lowest BCUT2D eigenvalue weighted by Crippen LogP contribution is -2.35. The van der Waals surface area contributed by atoms with E-state index in [1.807, 2.05) is 16.8 Å². The van der Waals surface area contributed by atoms with Gasteiger partial charge < -0.3 is 5.32 Å². The molecule has 1 N–H and O–H groups in total. The van der Waals surface area contributed by atoms with Gasteiger partial charge in [0.25, 0.3) is 0 Å². The zero-order valence-electron chi connectivity index (χ0n) is 9.93. The molecule has 0 aliphatic heterocycles. The summed E-state index contributed by atoms with van der Waals surface area (Å²) in [5, 5.41) is 6.90. The third-order valence-electron chi connectivity index (χ3n) is 2.66. The van der Waals surface area contributed by atoms with E-state index in [9.17, 15) is 8.42 Å². The van der Waals surface area contributed by atoms with Crippen LogP contribution < -0.4 is 5.32 Å². The predicted octanol–water partition coefficient (Wildman–Crippen LogP) is 2.22. The summed E-state index contributed by atoms with van der Waals surface area (Å²) in [7, 11) is -3.02. The lowest BCUT2D eigenvalue weighted by molar-refractivity contribution is 0.501. The summed E-state index contributed by atoms with van der Waals surface area (Å²) in [4.78, 5) is 0. The summed E-state index contributed by atoms with van der Waals surface area (Å²) in [6, 6.07) is 1.89. The first-order valence-corrected chi connectivity index (χ1v) is 8.31. The Hall–Kier alpha value is -0.390. The van der Waals surface area contributed by atoms with Crippen LogP contribution in [0, 0.1) is 0 Å². The molecule has 0 bridgehead atoms. The second-order valence-electron chi connectivity index (χ2n) is 4.02. The maximum Gasteiger partial charge on any atom is 0.151 e. The van der Waals surface area contributed by atoms with Crippen LogP contribution in [0.1, 0.15) is 31.9 Å². The number of sulfone groups is 1. The van der Waals surface area contributed by atoms with Gasteiger partial charge in [0.2, 0.25) is 0 Å². The Labute approximate surface area is 102 Å². The molecule has 0 radical (unpaired) electrons. The summed E-state index contributed by atoms with van der Waals surface area (Å²) in [6.45, 7) is 4.67. The Balaban J connectivity index is 2.88. The van der Waals surface area contributed by atoms with Crippen LogP contribution in [-0.2, 0) is 9.84 Å². The molecular formula is C11H19NO2S2. The fraction of sp³-hybridized carbons (Fsp3) is 0.636. The molecular weight excluding hydrogens is 242 g/mol. The van der Waals surface area contributed by atoms with Gasteiger partial charge in [0.15, 0.2) is 9.84 Å². The predicted molar refractivity (Wildman–Crippen MR) is 69.7 cm³/mol. The second-order valence-corrected chi connectivity index (χ2v) is 7.21. The van der Waals surface area contributed by atoms with Crippen LogP contribution >= 0.6 is 11.3 Å². The average molecular weight is 261 g/mol. The number of hydrogen-bond acceptors (Lipinski definition) is 4. The summed E-state index contributed by atoms with van der Waals surface area (Å²) >= 11 is 1.59. The van der Waals surface area contributed by atoms with Gasteiger partial charge in [-0.3, -0.25) is 0 Å². The molecule has 0 aliphatic carbocycles. The van der Waals surface area contributed by atoms with E-state index in [2.05, 4.69) is 12.2 Å². The van der Waals surface area contributed by atoms with Gasteiger partial charge in [-0.2, -0.15) is 11.3 Å². The molecule has 1 aromatic heterocycles. The minimum atomic E-state index is -3.02. The molecule has 1 aromatic rings. The minimum Gasteiger partial charge on any atom is -0.309 e. The highest BCUT2D eigenvalue weighted by Crippen LogP contribution is 2.23. The number of hydrogen-bond donors (Lipinski definition) is 1. The fourth-order valence-electron chi connectivity index (χ4n) is 1.55. The van der Waals surface area contributed by atoms with Gasteiger partial charge in [-0.05, 0) is 42.3 Å². The van der Waals surface area contributed by atoms with E-state index in [0.29, 0.717) is 0 Å². The largest absolute Gasteiger partial charge is 0.309 e. The van der Waals surface area contributed by atoms with Crippen LogP contribution in [0.25, 0.3) is 0 Å². The van der Waals surface area contributed by atoms with Crippen LogP contribution in [0.15, 0.2) is 16.8 Å². The quantitative estimate of drug-likeness (QED) is 0.854. The number of thiophene rings is 1. The highest BCUT2D eigenvalue weighted by Gasteiger charge is 2.26. The molecule has 0 fully saturated rings. The maximum atomic E-state index is 11.6. The molecule has 2 unspecified atom stereocenters. The van der Waals surface area contributed by atoms with Crippen LogP contribution in [0.5, 0.6) is 0 Å². The molecule has 0 aliphatic rings. The van der Waals surface area contributed by atoms with Crippen molar-refractivity contribution in [2.45, 2.75) is 31.6 Å². The maximum absolute atomic E-state index is 11.6. The lowest BCUT2D eigenvalue weighted by atomic mass is 10.1. The molecule has 0 amide bonds. The van der Waals surface area contributed by atoms with E-state index >= 15 is 0 Å². The Morgan fingerprint density at radius 3 is 2.62 bits per heavy atom. The molecule has 0 saturated carbocycles. The first-order chi connectivity index (χ1) is 7.46. The standard InChI is InChI=1S/C11H19NO2S2/c1-4-6-12-11(9(2)16(3,13)14)10-5-7-15-8-10/h5,7-9,11-12H,4,6H2,1-3H3. The highest BCUT2D eigenvalue weighted by molar-refractivity contribution is 7.91. The SMILES string of the molecule is CCCNC(c1ccsc1)C(C)S(C)(=O)=O. The first kappa shape index (κ1) is 13.7. The molecule has 3 nitrogen and oxygen atoms in total. The molecule has 1 heterocycles. The zero-order chi connectivity index (χ0) is 12.2. The van der Waals surface area contributed by atoms with Crippen molar-refractivity contribution >= 4 is 21.2 Å². The Morgan fingerprint density at radius 2 is 2.19 bits per heavy atom. The van der Waals surface area contributed by atoms with Gasteiger partial charge in [0.1, 0.15) is 0 Å². The van der Waals surface area contributed by atoms with Crippen molar-refractivity contribution in [3.8, 4) is 0 Å². The Bertz CT molecular complexity index is 398. The van der Waals surface area contributed by atoms with Crippen molar-refractivity contribution in [2.75, 3.05) is 12.8 Å². The Morgan fingerprint density at radius 1 is 1.50 bits per heavy atom. The highest BCUT2D eigenvalue weighted by atomic mass is 32.2. The third-order valence-corrected chi connectivity index (χ3v) is 4.99. The monoisotopic (exact) mass is 261 g/mol. The van der Waals surface area contributed by atoms with Crippen LogP contribution in [0.4, 0.5) is 0 Å². The zero-order valence-corrected chi connectivity index (χ0v) is 11.6. The van der Waals surface area contributed by atoms with Gasteiger partial charge in [-0.1, -0.05) is 6.92 Å². The van der Waals surface area contributed by atoms with Crippen molar-refractivity contribution < 1.29 is 8.42 Å². The summed E-state index contributed by atoms with van der Waals surface area (Å²) in [5.74, 6) is 0. The van der Waals surface area contributed by atoms with Crippen molar-refractivity contribution in [1.82, 2.24) is 5.32 Å². The molecule has 2 atom stereocenters. The van der Waals surface area contributed by atoms with Crippen LogP contribution in [-0.4, -0.2) is 26.5 Å². The van der Waals surface area contributed by atoms with Crippen LogP contribution in [0.3, 0.4) is 0 Å². The van der Waals surface area contributed by atoms with E-state index in [4.69, 9.17) is 0 Å². The van der Waals surface area contributed by atoms with E-state index in [1.54, 1.807) is 18.3 Å². The van der Waals surface area contributed by atoms with E-state index in [0.717, 1.165) is 18.5 Å². The Kier molecular flexibility index (Phi) is 4.95. The normalized spacial score (nSPS) is 15.9. The topological polar surface area (TPSA) is 46.2 Å². The van der Waals surface area contributed by atoms with Crippen molar-refractivity contribution in [3.05, 3.63) is 22.4 Å². The number of rotatable bonds is 6. The number of nitrogens with one attached hydrogen (secondary N) is 1. The van der Waals surface area contributed by atoms with Gasteiger partial charge >= 0.3 is 0 Å². The molecule has 1 rings (SSSR count). The summed E-state index contributed by atoms with van der Waals surface area (Å²) in [5.41, 5.74) is 1.07. The molecule has 0 spiro atoms. The van der Waals surface area contributed by atoms with E-state index < -0.39 is 15.1 Å². The van der Waals surface area contributed by atoms with E-state index in [1.165, 1.54) is 6.26 Å². The molecule has 0 saturated heterocycles. The van der Waals surface area contributed by atoms with Crippen molar-refractivity contribution in [3.63, 3.8) is 0 Å². The van der Waals surface area contributed by atoms with Gasteiger partial charge in [-0.15, -0.1) is 0 Å². The average Bonchev–Trinajstić information content (AvgIpc) is 2.70. The molecule has 16 heavy (non-hydrogen) atoms. The van der Waals surface area contributed by atoms with Crippen molar-refractivity contribution in [2.24, 2.45) is 0 Å². The molecule has 5 heteroatoms. The summed E-state index contributed by atoms with van der Waals surface area (Å²) < 4.78 is 23.2. The van der Waals surface area contributed by atoms with Gasteiger partial charge in [-0.25, -0.2) is 8.42 Å².